The molecule has 1 amide bonds. The van der Waals surface area contributed by atoms with Crippen molar-refractivity contribution in [1.82, 2.24) is 0 Å². The van der Waals surface area contributed by atoms with E-state index in [2.05, 4.69) is 5.32 Å². The molecule has 0 bridgehead atoms. The van der Waals surface area contributed by atoms with E-state index in [1.54, 1.807) is 0 Å². The Hall–Kier alpha value is -2.89. The minimum Gasteiger partial charge on any atom is -0.506 e. The van der Waals surface area contributed by atoms with Gasteiger partial charge in [-0.25, -0.2) is 9.18 Å². The second kappa shape index (κ2) is 5.40. The van der Waals surface area contributed by atoms with Gasteiger partial charge in [0.25, 0.3) is 5.91 Å². The van der Waals surface area contributed by atoms with E-state index in [9.17, 15) is 19.1 Å². The van der Waals surface area contributed by atoms with Crippen LogP contribution in [0.3, 0.4) is 0 Å². The van der Waals surface area contributed by atoms with Gasteiger partial charge in [0.2, 0.25) is 0 Å². The maximum absolute atomic E-state index is 12.7. The Bertz CT molecular complexity index is 667. The van der Waals surface area contributed by atoms with Crippen molar-refractivity contribution >= 4 is 17.6 Å². The molecule has 2 rings (SSSR count). The number of carbonyl (C=O) groups is 2. The largest absolute Gasteiger partial charge is 0.506 e. The minimum absolute atomic E-state index is 0.0285. The molecule has 0 atom stereocenters. The number of nitrogens with one attached hydrogen (secondary N) is 1. The molecule has 0 spiro atoms. The summed E-state index contributed by atoms with van der Waals surface area (Å²) in [5.74, 6) is -2.49. The van der Waals surface area contributed by atoms with Gasteiger partial charge < -0.3 is 15.5 Å². The van der Waals surface area contributed by atoms with Gasteiger partial charge >= 0.3 is 5.97 Å². The summed E-state index contributed by atoms with van der Waals surface area (Å²) in [5, 5.41) is 20.8. The maximum Gasteiger partial charge on any atom is 0.335 e. The molecule has 0 heterocycles. The molecule has 0 aliphatic heterocycles. The highest BCUT2D eigenvalue weighted by atomic mass is 19.1. The number of aromatic hydroxyl groups is 1. The standard InChI is InChI=1S/C14H10FNO4/c15-10-4-1-8(2-5-10)13(18)16-11-7-9(14(19)20)3-6-12(11)17/h1-7,17H,(H,16,18)(H,19,20). The molecule has 2 aromatic carbocycles. The summed E-state index contributed by atoms with van der Waals surface area (Å²) < 4.78 is 12.7. The van der Waals surface area contributed by atoms with Crippen LogP contribution in [0, 0.1) is 5.82 Å². The first kappa shape index (κ1) is 13.5. The van der Waals surface area contributed by atoms with Crippen molar-refractivity contribution < 1.29 is 24.2 Å². The van der Waals surface area contributed by atoms with Gasteiger partial charge in [0.05, 0.1) is 11.3 Å². The van der Waals surface area contributed by atoms with Crippen molar-refractivity contribution in [1.29, 1.82) is 0 Å². The Morgan fingerprint density at radius 3 is 2.20 bits per heavy atom. The van der Waals surface area contributed by atoms with Gasteiger partial charge in [0.1, 0.15) is 11.6 Å². The van der Waals surface area contributed by atoms with E-state index in [1.807, 2.05) is 0 Å². The molecule has 0 saturated carbocycles. The summed E-state index contributed by atoms with van der Waals surface area (Å²) in [7, 11) is 0. The Balaban J connectivity index is 2.25. The van der Waals surface area contributed by atoms with Gasteiger partial charge in [-0.3, -0.25) is 4.79 Å². The van der Waals surface area contributed by atoms with Gasteiger partial charge in [-0.1, -0.05) is 0 Å². The highest BCUT2D eigenvalue weighted by Crippen LogP contribution is 2.24. The molecule has 0 aromatic heterocycles. The number of hydrogen-bond acceptors (Lipinski definition) is 3. The lowest BCUT2D eigenvalue weighted by Crippen LogP contribution is -2.12. The molecule has 0 aliphatic rings. The van der Waals surface area contributed by atoms with E-state index in [0.29, 0.717) is 0 Å². The van der Waals surface area contributed by atoms with Crippen LogP contribution in [0.2, 0.25) is 0 Å². The number of carboxylic acid groups (broad SMARTS) is 1. The fourth-order valence-corrected chi connectivity index (χ4v) is 1.56. The van der Waals surface area contributed by atoms with Crippen LogP contribution in [0.15, 0.2) is 42.5 Å². The van der Waals surface area contributed by atoms with E-state index < -0.39 is 17.7 Å². The van der Waals surface area contributed by atoms with E-state index in [0.717, 1.165) is 18.2 Å². The van der Waals surface area contributed by atoms with Crippen LogP contribution in [-0.4, -0.2) is 22.1 Å². The number of amides is 1. The normalized spacial score (nSPS) is 10.1. The van der Waals surface area contributed by atoms with Gasteiger partial charge in [-0.2, -0.15) is 0 Å². The zero-order valence-electron chi connectivity index (χ0n) is 10.1. The highest BCUT2D eigenvalue weighted by molar-refractivity contribution is 6.05. The van der Waals surface area contributed by atoms with E-state index in [4.69, 9.17) is 5.11 Å². The van der Waals surface area contributed by atoms with Crippen molar-refractivity contribution in [2.45, 2.75) is 0 Å². The van der Waals surface area contributed by atoms with Crippen molar-refractivity contribution in [3.63, 3.8) is 0 Å². The lowest BCUT2D eigenvalue weighted by atomic mass is 10.1. The molecule has 102 valence electrons. The number of anilines is 1. The molecule has 0 unspecified atom stereocenters. The monoisotopic (exact) mass is 275 g/mol. The lowest BCUT2D eigenvalue weighted by Gasteiger charge is -2.08. The summed E-state index contributed by atoms with van der Waals surface area (Å²) >= 11 is 0. The molecule has 6 heteroatoms. The third kappa shape index (κ3) is 2.92. The van der Waals surface area contributed by atoms with Crippen LogP contribution in [0.1, 0.15) is 20.7 Å². The number of aromatic carboxylic acids is 1. The molecule has 3 N–H and O–H groups in total. The van der Waals surface area contributed by atoms with E-state index >= 15 is 0 Å². The number of hydrogen-bond donors (Lipinski definition) is 3. The van der Waals surface area contributed by atoms with Crippen LogP contribution in [-0.2, 0) is 0 Å². The van der Waals surface area contributed by atoms with Crippen LogP contribution < -0.4 is 5.32 Å². The zero-order chi connectivity index (χ0) is 14.7. The minimum atomic E-state index is -1.18. The highest BCUT2D eigenvalue weighted by Gasteiger charge is 2.12. The van der Waals surface area contributed by atoms with Crippen molar-refractivity contribution in [3.05, 3.63) is 59.4 Å². The molecule has 2 aromatic rings. The Morgan fingerprint density at radius 1 is 1.00 bits per heavy atom. The van der Waals surface area contributed by atoms with Crippen molar-refractivity contribution in [3.8, 4) is 5.75 Å². The fourth-order valence-electron chi connectivity index (χ4n) is 1.56. The number of carboxylic acids is 1. The number of benzene rings is 2. The van der Waals surface area contributed by atoms with Gasteiger partial charge in [0.15, 0.2) is 0 Å². The van der Waals surface area contributed by atoms with E-state index in [1.165, 1.54) is 24.3 Å². The average Bonchev–Trinajstić information content (AvgIpc) is 2.41. The molecule has 20 heavy (non-hydrogen) atoms. The van der Waals surface area contributed by atoms with Gasteiger partial charge in [-0.05, 0) is 42.5 Å². The zero-order valence-corrected chi connectivity index (χ0v) is 10.1. The van der Waals surface area contributed by atoms with Crippen LogP contribution in [0.5, 0.6) is 5.75 Å². The molecule has 0 radical (unpaired) electrons. The Morgan fingerprint density at radius 2 is 1.60 bits per heavy atom. The summed E-state index contributed by atoms with van der Waals surface area (Å²) in [6, 6.07) is 8.34. The lowest BCUT2D eigenvalue weighted by molar-refractivity contribution is 0.0696. The predicted molar refractivity (Wildman–Crippen MR) is 69.4 cm³/mol. The number of phenols is 1. The summed E-state index contributed by atoms with van der Waals surface area (Å²) in [6.45, 7) is 0. The third-order valence-electron chi connectivity index (χ3n) is 2.60. The second-order valence-corrected chi connectivity index (χ2v) is 4.00. The molecule has 5 nitrogen and oxygen atoms in total. The summed E-state index contributed by atoms with van der Waals surface area (Å²) in [4.78, 5) is 22.7. The summed E-state index contributed by atoms with van der Waals surface area (Å²) in [5.41, 5.74) is 0.0861. The number of halogens is 1. The predicted octanol–water partition coefficient (Wildman–Crippen LogP) is 2.48. The maximum atomic E-state index is 12.7. The molecule has 0 aliphatic carbocycles. The van der Waals surface area contributed by atoms with Crippen LogP contribution >= 0.6 is 0 Å². The van der Waals surface area contributed by atoms with Gasteiger partial charge in [-0.15, -0.1) is 0 Å². The molecule has 0 fully saturated rings. The quantitative estimate of drug-likeness (QED) is 0.751. The number of phenolic OH excluding ortho intramolecular Hbond substituents is 1. The van der Waals surface area contributed by atoms with Crippen molar-refractivity contribution in [2.75, 3.05) is 5.32 Å². The molecular formula is C14H10FNO4. The smallest absolute Gasteiger partial charge is 0.335 e. The van der Waals surface area contributed by atoms with Crippen molar-refractivity contribution in [2.24, 2.45) is 0 Å². The first-order chi connectivity index (χ1) is 9.47. The Labute approximate surface area is 113 Å². The average molecular weight is 275 g/mol. The molecule has 0 saturated heterocycles. The second-order valence-electron chi connectivity index (χ2n) is 4.00. The first-order valence-electron chi connectivity index (χ1n) is 5.60. The SMILES string of the molecule is O=C(O)c1ccc(O)c(NC(=O)c2ccc(F)cc2)c1. The number of rotatable bonds is 3. The summed E-state index contributed by atoms with van der Waals surface area (Å²) in [6.07, 6.45) is 0. The third-order valence-corrected chi connectivity index (χ3v) is 2.60. The topological polar surface area (TPSA) is 86.6 Å². The van der Waals surface area contributed by atoms with Crippen LogP contribution in [0.4, 0.5) is 10.1 Å². The number of carbonyl (C=O) groups excluding carboxylic acids is 1. The van der Waals surface area contributed by atoms with E-state index in [-0.39, 0.29) is 22.6 Å². The first-order valence-corrected chi connectivity index (χ1v) is 5.60. The van der Waals surface area contributed by atoms with Gasteiger partial charge in [0, 0.05) is 5.56 Å². The fraction of sp³-hybridized carbons (Fsp3) is 0. The molecular weight excluding hydrogens is 265 g/mol. The van der Waals surface area contributed by atoms with Crippen LogP contribution in [0.25, 0.3) is 0 Å². The Kier molecular flexibility index (Phi) is 3.65.